The first-order chi connectivity index (χ1) is 11.5. The predicted molar refractivity (Wildman–Crippen MR) is 99.3 cm³/mol. The number of thioether (sulfide) groups is 1. The fraction of sp³-hybridized carbons (Fsp3) is 0.222. The number of rotatable bonds is 7. The number of anilines is 2. The van der Waals surface area contributed by atoms with Gasteiger partial charge in [-0.2, -0.15) is 0 Å². The lowest BCUT2D eigenvalue weighted by Gasteiger charge is -2.17. The molecule has 126 valence electrons. The van der Waals surface area contributed by atoms with Crippen molar-refractivity contribution in [3.63, 3.8) is 0 Å². The number of carbonyl (C=O) groups is 2. The van der Waals surface area contributed by atoms with Crippen LogP contribution in [0.25, 0.3) is 0 Å². The lowest BCUT2D eigenvalue weighted by atomic mass is 10.2. The molecular weight excluding hydrogens is 322 g/mol. The molecule has 4 N–H and O–H groups in total. The maximum absolute atomic E-state index is 12.4. The van der Waals surface area contributed by atoms with Crippen LogP contribution >= 0.6 is 11.8 Å². The van der Waals surface area contributed by atoms with Crippen LogP contribution in [-0.2, 0) is 9.59 Å². The summed E-state index contributed by atoms with van der Waals surface area (Å²) in [5, 5.41) is 6.07. The van der Waals surface area contributed by atoms with Gasteiger partial charge >= 0.3 is 0 Å². The number of hydrogen-bond donors (Lipinski definition) is 3. The van der Waals surface area contributed by atoms with Gasteiger partial charge in [0.1, 0.15) is 6.04 Å². The molecular formula is C18H21N3O2S. The summed E-state index contributed by atoms with van der Waals surface area (Å²) in [5.41, 5.74) is 7.85. The van der Waals surface area contributed by atoms with Gasteiger partial charge in [0.15, 0.2) is 0 Å². The van der Waals surface area contributed by atoms with Gasteiger partial charge in [0.2, 0.25) is 11.8 Å². The lowest BCUT2D eigenvalue weighted by Crippen LogP contribution is -2.32. The number of amides is 2. The molecule has 1 atom stereocenters. The molecule has 0 fully saturated rings. The maximum atomic E-state index is 12.4. The lowest BCUT2D eigenvalue weighted by molar-refractivity contribution is -0.117. The Hall–Kier alpha value is -2.47. The predicted octanol–water partition coefficient (Wildman–Crippen LogP) is 3.01. The molecule has 0 heterocycles. The number of carbonyl (C=O) groups excluding carboxylic acids is 2. The number of para-hydroxylation sites is 1. The number of aryl methyl sites for hydroxylation is 1. The fourth-order valence-electron chi connectivity index (χ4n) is 2.13. The van der Waals surface area contributed by atoms with E-state index in [0.29, 0.717) is 0 Å². The molecule has 0 aliphatic rings. The number of benzene rings is 2. The third-order valence-corrected chi connectivity index (χ3v) is 4.40. The van der Waals surface area contributed by atoms with Crippen LogP contribution in [0.15, 0.2) is 53.4 Å². The zero-order valence-electron chi connectivity index (χ0n) is 13.7. The Morgan fingerprint density at radius 2 is 1.92 bits per heavy atom. The zero-order chi connectivity index (χ0) is 17.5. The van der Waals surface area contributed by atoms with Crippen molar-refractivity contribution in [1.29, 1.82) is 0 Å². The van der Waals surface area contributed by atoms with Crippen molar-refractivity contribution in [2.45, 2.75) is 24.8 Å². The molecule has 2 amide bonds. The van der Waals surface area contributed by atoms with E-state index >= 15 is 0 Å². The van der Waals surface area contributed by atoms with Crippen LogP contribution in [0.4, 0.5) is 11.4 Å². The molecule has 0 bridgehead atoms. The molecule has 0 saturated carbocycles. The summed E-state index contributed by atoms with van der Waals surface area (Å²) in [6.45, 7) is 3.77. The highest BCUT2D eigenvalue weighted by Crippen LogP contribution is 2.27. The molecule has 0 spiro atoms. The Morgan fingerprint density at radius 1 is 1.17 bits per heavy atom. The average Bonchev–Trinajstić information content (AvgIpc) is 2.54. The second-order valence-electron chi connectivity index (χ2n) is 5.48. The number of nitrogens with two attached hydrogens (primary N) is 1. The smallest absolute Gasteiger partial charge is 0.246 e. The Bertz CT molecular complexity index is 734. The van der Waals surface area contributed by atoms with Crippen molar-refractivity contribution >= 4 is 35.0 Å². The standard InChI is InChI=1S/C18H21N3O2S/c1-12-6-5-7-14(10-12)21-18(23)13(2)20-15-8-3-4-9-16(15)24-11-17(19)22/h3-10,13,20H,11H2,1-2H3,(H2,19,22)(H,21,23)/t13-/m1/s1. The Labute approximate surface area is 146 Å². The molecule has 24 heavy (non-hydrogen) atoms. The van der Waals surface area contributed by atoms with E-state index in [4.69, 9.17) is 5.73 Å². The summed E-state index contributed by atoms with van der Waals surface area (Å²) >= 11 is 1.35. The van der Waals surface area contributed by atoms with Crippen LogP contribution in [0.1, 0.15) is 12.5 Å². The van der Waals surface area contributed by atoms with E-state index < -0.39 is 6.04 Å². The highest BCUT2D eigenvalue weighted by molar-refractivity contribution is 8.00. The van der Waals surface area contributed by atoms with Gasteiger partial charge in [-0.05, 0) is 43.7 Å². The molecule has 6 heteroatoms. The van der Waals surface area contributed by atoms with Crippen LogP contribution in [0.3, 0.4) is 0 Å². The van der Waals surface area contributed by atoms with Crippen molar-refractivity contribution in [3.8, 4) is 0 Å². The molecule has 0 aliphatic carbocycles. The van der Waals surface area contributed by atoms with Crippen molar-refractivity contribution in [2.24, 2.45) is 5.73 Å². The van der Waals surface area contributed by atoms with E-state index in [1.165, 1.54) is 11.8 Å². The number of hydrogen-bond acceptors (Lipinski definition) is 4. The maximum Gasteiger partial charge on any atom is 0.246 e. The van der Waals surface area contributed by atoms with Crippen molar-refractivity contribution < 1.29 is 9.59 Å². The van der Waals surface area contributed by atoms with E-state index in [1.54, 1.807) is 6.92 Å². The normalized spacial score (nSPS) is 11.6. The molecule has 2 aromatic carbocycles. The van der Waals surface area contributed by atoms with Crippen LogP contribution < -0.4 is 16.4 Å². The summed E-state index contributed by atoms with van der Waals surface area (Å²) in [7, 11) is 0. The quantitative estimate of drug-likeness (QED) is 0.675. The van der Waals surface area contributed by atoms with E-state index in [1.807, 2.05) is 55.5 Å². The van der Waals surface area contributed by atoms with Crippen LogP contribution in [-0.4, -0.2) is 23.6 Å². The molecule has 2 aromatic rings. The third-order valence-electron chi connectivity index (χ3n) is 3.31. The second-order valence-corrected chi connectivity index (χ2v) is 6.49. The van der Waals surface area contributed by atoms with Gasteiger partial charge in [-0.25, -0.2) is 0 Å². The van der Waals surface area contributed by atoms with Gasteiger partial charge in [0.05, 0.1) is 5.75 Å². The van der Waals surface area contributed by atoms with Gasteiger partial charge in [-0.3, -0.25) is 9.59 Å². The molecule has 2 rings (SSSR count). The first-order valence-corrected chi connectivity index (χ1v) is 8.58. The Morgan fingerprint density at radius 3 is 2.62 bits per heavy atom. The first kappa shape index (κ1) is 17.9. The minimum absolute atomic E-state index is 0.129. The second kappa shape index (κ2) is 8.40. The zero-order valence-corrected chi connectivity index (χ0v) is 14.5. The highest BCUT2D eigenvalue weighted by atomic mass is 32.2. The van der Waals surface area contributed by atoms with Gasteiger partial charge in [-0.15, -0.1) is 11.8 Å². The van der Waals surface area contributed by atoms with Crippen molar-refractivity contribution in [3.05, 3.63) is 54.1 Å². The minimum Gasteiger partial charge on any atom is -0.373 e. The van der Waals surface area contributed by atoms with Gasteiger partial charge in [0.25, 0.3) is 0 Å². The van der Waals surface area contributed by atoms with Crippen LogP contribution in [0, 0.1) is 6.92 Å². The average molecular weight is 343 g/mol. The Balaban J connectivity index is 2.02. The molecule has 0 unspecified atom stereocenters. The fourth-order valence-corrected chi connectivity index (χ4v) is 2.89. The van der Waals surface area contributed by atoms with E-state index in [0.717, 1.165) is 21.8 Å². The van der Waals surface area contributed by atoms with Gasteiger partial charge < -0.3 is 16.4 Å². The summed E-state index contributed by atoms with van der Waals surface area (Å²) < 4.78 is 0. The minimum atomic E-state index is -0.430. The number of primary amides is 1. The number of nitrogens with one attached hydrogen (secondary N) is 2. The van der Waals surface area contributed by atoms with Gasteiger partial charge in [0, 0.05) is 16.3 Å². The molecule has 0 radical (unpaired) electrons. The first-order valence-electron chi connectivity index (χ1n) is 7.60. The molecule has 0 aliphatic heterocycles. The topological polar surface area (TPSA) is 84.2 Å². The van der Waals surface area contributed by atoms with Crippen LogP contribution in [0.5, 0.6) is 0 Å². The van der Waals surface area contributed by atoms with E-state index in [9.17, 15) is 9.59 Å². The summed E-state index contributed by atoms with van der Waals surface area (Å²) in [4.78, 5) is 24.2. The SMILES string of the molecule is Cc1cccc(NC(=O)[C@@H](C)Nc2ccccc2SCC(N)=O)c1. The van der Waals surface area contributed by atoms with E-state index in [-0.39, 0.29) is 17.6 Å². The summed E-state index contributed by atoms with van der Waals surface area (Å²) in [5.74, 6) is -0.307. The van der Waals surface area contributed by atoms with Crippen LogP contribution in [0.2, 0.25) is 0 Å². The van der Waals surface area contributed by atoms with E-state index in [2.05, 4.69) is 10.6 Å². The Kier molecular flexibility index (Phi) is 6.26. The molecule has 0 aromatic heterocycles. The highest BCUT2D eigenvalue weighted by Gasteiger charge is 2.15. The van der Waals surface area contributed by atoms with Crippen molar-refractivity contribution in [2.75, 3.05) is 16.4 Å². The molecule has 5 nitrogen and oxygen atoms in total. The monoisotopic (exact) mass is 343 g/mol. The molecule has 0 saturated heterocycles. The van der Waals surface area contributed by atoms with Gasteiger partial charge in [-0.1, -0.05) is 24.3 Å². The summed E-state index contributed by atoms with van der Waals surface area (Å²) in [6.07, 6.45) is 0. The van der Waals surface area contributed by atoms with Crippen molar-refractivity contribution in [1.82, 2.24) is 0 Å². The largest absolute Gasteiger partial charge is 0.373 e. The summed E-state index contributed by atoms with van der Waals surface area (Å²) in [6, 6.07) is 14.7. The third kappa shape index (κ3) is 5.31.